The van der Waals surface area contributed by atoms with Crippen LogP contribution >= 0.6 is 0 Å². The summed E-state index contributed by atoms with van der Waals surface area (Å²) in [4.78, 5) is 34.9. The van der Waals surface area contributed by atoms with Crippen LogP contribution in [0.15, 0.2) is 24.3 Å². The molecule has 0 saturated carbocycles. The van der Waals surface area contributed by atoms with E-state index in [2.05, 4.69) is 16.0 Å². The highest BCUT2D eigenvalue weighted by Gasteiger charge is 2.10. The first-order chi connectivity index (χ1) is 11.8. The molecular weight excluding hydrogens is 322 g/mol. The number of benzene rings is 1. The molecule has 7 nitrogen and oxygen atoms in total. The van der Waals surface area contributed by atoms with E-state index in [-0.39, 0.29) is 24.6 Å². The molecule has 0 aliphatic rings. The predicted molar refractivity (Wildman–Crippen MR) is 95.1 cm³/mol. The van der Waals surface area contributed by atoms with Gasteiger partial charge in [0, 0.05) is 19.1 Å². The normalized spacial score (nSPS) is 10.5. The summed E-state index contributed by atoms with van der Waals surface area (Å²) in [6, 6.07) is 6.48. The number of urea groups is 1. The van der Waals surface area contributed by atoms with Crippen molar-refractivity contribution < 1.29 is 19.1 Å². The van der Waals surface area contributed by atoms with Crippen molar-refractivity contribution in [3.63, 3.8) is 0 Å². The Balaban J connectivity index is 2.41. The Kier molecular flexibility index (Phi) is 8.46. The molecule has 0 aromatic heterocycles. The van der Waals surface area contributed by atoms with Gasteiger partial charge in [-0.05, 0) is 37.5 Å². The zero-order valence-corrected chi connectivity index (χ0v) is 15.2. The van der Waals surface area contributed by atoms with E-state index in [0.29, 0.717) is 24.6 Å². The zero-order valence-electron chi connectivity index (χ0n) is 15.2. The first kappa shape index (κ1) is 20.5. The molecule has 138 valence electrons. The lowest BCUT2D eigenvalue weighted by Gasteiger charge is -2.10. The first-order valence-electron chi connectivity index (χ1n) is 8.35. The summed E-state index contributed by atoms with van der Waals surface area (Å²) in [5, 5.41) is 8.12. The van der Waals surface area contributed by atoms with Gasteiger partial charge >= 0.3 is 12.0 Å². The van der Waals surface area contributed by atoms with Gasteiger partial charge in [-0.15, -0.1) is 0 Å². The number of amides is 3. The van der Waals surface area contributed by atoms with Gasteiger partial charge in [0.25, 0.3) is 5.91 Å². The molecule has 0 bridgehead atoms. The van der Waals surface area contributed by atoms with E-state index in [4.69, 9.17) is 4.74 Å². The van der Waals surface area contributed by atoms with Gasteiger partial charge in [-0.25, -0.2) is 9.59 Å². The van der Waals surface area contributed by atoms with Gasteiger partial charge in [0.05, 0.1) is 5.56 Å². The van der Waals surface area contributed by atoms with Crippen LogP contribution in [0.2, 0.25) is 0 Å². The molecule has 0 heterocycles. The van der Waals surface area contributed by atoms with Crippen LogP contribution in [0.5, 0.6) is 0 Å². The molecular formula is C18H27N3O4. The number of hydrogen-bond donors (Lipinski definition) is 3. The Morgan fingerprint density at radius 1 is 1.00 bits per heavy atom. The molecule has 0 radical (unpaired) electrons. The van der Waals surface area contributed by atoms with Crippen molar-refractivity contribution in [3.05, 3.63) is 35.4 Å². The van der Waals surface area contributed by atoms with E-state index in [9.17, 15) is 14.4 Å². The van der Waals surface area contributed by atoms with Gasteiger partial charge in [-0.1, -0.05) is 26.0 Å². The van der Waals surface area contributed by atoms with Crippen molar-refractivity contribution in [2.45, 2.75) is 40.3 Å². The summed E-state index contributed by atoms with van der Waals surface area (Å²) >= 11 is 0. The van der Waals surface area contributed by atoms with E-state index < -0.39 is 5.97 Å². The summed E-state index contributed by atoms with van der Waals surface area (Å²) in [6.45, 7) is 8.31. The monoisotopic (exact) mass is 349 g/mol. The van der Waals surface area contributed by atoms with E-state index in [1.54, 1.807) is 24.3 Å². The fourth-order valence-electron chi connectivity index (χ4n) is 1.84. The van der Waals surface area contributed by atoms with E-state index in [1.807, 2.05) is 27.7 Å². The van der Waals surface area contributed by atoms with Crippen molar-refractivity contribution in [3.8, 4) is 0 Å². The fraction of sp³-hybridized carbons (Fsp3) is 0.500. The molecule has 0 atom stereocenters. The molecule has 0 aliphatic heterocycles. The molecule has 1 aromatic rings. The van der Waals surface area contributed by atoms with Crippen LogP contribution in [-0.2, 0) is 16.1 Å². The van der Waals surface area contributed by atoms with Crippen molar-refractivity contribution >= 4 is 17.9 Å². The Labute approximate surface area is 148 Å². The molecule has 0 saturated heterocycles. The van der Waals surface area contributed by atoms with Crippen LogP contribution in [0.3, 0.4) is 0 Å². The molecule has 3 N–H and O–H groups in total. The van der Waals surface area contributed by atoms with Crippen LogP contribution < -0.4 is 16.0 Å². The summed E-state index contributed by atoms with van der Waals surface area (Å²) < 4.78 is 4.97. The quantitative estimate of drug-likeness (QED) is 0.624. The third kappa shape index (κ3) is 8.74. The Bertz CT molecular complexity index is 582. The third-order valence-electron chi connectivity index (χ3n) is 3.10. The lowest BCUT2D eigenvalue weighted by Crippen LogP contribution is -2.39. The molecule has 1 rings (SSSR count). The molecule has 3 amide bonds. The van der Waals surface area contributed by atoms with Gasteiger partial charge in [0.1, 0.15) is 0 Å². The van der Waals surface area contributed by atoms with Gasteiger partial charge in [-0.2, -0.15) is 0 Å². The molecule has 0 unspecified atom stereocenters. The minimum Gasteiger partial charge on any atom is -0.452 e. The Hall–Kier alpha value is -2.57. The van der Waals surface area contributed by atoms with Gasteiger partial charge in [0.15, 0.2) is 6.61 Å². The van der Waals surface area contributed by atoms with Crippen molar-refractivity contribution in [2.24, 2.45) is 5.92 Å². The van der Waals surface area contributed by atoms with E-state index >= 15 is 0 Å². The van der Waals surface area contributed by atoms with Crippen LogP contribution in [0.25, 0.3) is 0 Å². The molecule has 7 heteroatoms. The minimum atomic E-state index is -0.559. The zero-order chi connectivity index (χ0) is 18.8. The number of ether oxygens (including phenoxy) is 1. The molecule has 0 aliphatic carbocycles. The summed E-state index contributed by atoms with van der Waals surface area (Å²) in [5.74, 6) is -0.542. The average Bonchev–Trinajstić information content (AvgIpc) is 2.55. The maximum atomic E-state index is 11.9. The molecule has 1 aromatic carbocycles. The number of nitrogens with one attached hydrogen (secondary N) is 3. The number of esters is 1. The summed E-state index contributed by atoms with van der Waals surface area (Å²) in [5.41, 5.74) is 1.21. The van der Waals surface area contributed by atoms with Crippen LogP contribution in [-0.4, -0.2) is 37.1 Å². The third-order valence-corrected chi connectivity index (χ3v) is 3.10. The molecule has 0 spiro atoms. The van der Waals surface area contributed by atoms with Gasteiger partial charge in [0.2, 0.25) is 0 Å². The molecule has 0 fully saturated rings. The maximum absolute atomic E-state index is 11.9. The highest BCUT2D eigenvalue weighted by Crippen LogP contribution is 2.06. The Morgan fingerprint density at radius 3 is 2.20 bits per heavy atom. The Morgan fingerprint density at radius 2 is 1.64 bits per heavy atom. The van der Waals surface area contributed by atoms with E-state index in [1.165, 1.54) is 0 Å². The smallest absolute Gasteiger partial charge is 0.338 e. The maximum Gasteiger partial charge on any atom is 0.338 e. The van der Waals surface area contributed by atoms with Gasteiger partial charge < -0.3 is 20.7 Å². The standard InChI is InChI=1S/C18H27N3O4/c1-12(2)9-19-16(22)11-25-17(23)15-7-5-14(6-8-15)10-20-18(24)21-13(3)4/h5-8,12-13H,9-11H2,1-4H3,(H,19,22)(H2,20,21,24). The van der Waals surface area contributed by atoms with Crippen LogP contribution in [0, 0.1) is 5.92 Å². The van der Waals surface area contributed by atoms with Crippen molar-refractivity contribution in [2.75, 3.05) is 13.2 Å². The number of rotatable bonds is 8. The van der Waals surface area contributed by atoms with Crippen LogP contribution in [0.4, 0.5) is 4.79 Å². The van der Waals surface area contributed by atoms with E-state index in [0.717, 1.165) is 5.56 Å². The highest BCUT2D eigenvalue weighted by molar-refractivity contribution is 5.91. The molecule has 25 heavy (non-hydrogen) atoms. The highest BCUT2D eigenvalue weighted by atomic mass is 16.5. The van der Waals surface area contributed by atoms with Crippen LogP contribution in [0.1, 0.15) is 43.6 Å². The summed E-state index contributed by atoms with van der Waals surface area (Å²) in [7, 11) is 0. The first-order valence-corrected chi connectivity index (χ1v) is 8.35. The fourth-order valence-corrected chi connectivity index (χ4v) is 1.84. The lowest BCUT2D eigenvalue weighted by atomic mass is 10.1. The number of carbonyl (C=O) groups is 3. The van der Waals surface area contributed by atoms with Crippen molar-refractivity contribution in [1.82, 2.24) is 16.0 Å². The second-order valence-corrected chi connectivity index (χ2v) is 6.45. The predicted octanol–water partition coefficient (Wildman–Crippen LogP) is 1.82. The average molecular weight is 349 g/mol. The van der Waals surface area contributed by atoms with Gasteiger partial charge in [-0.3, -0.25) is 4.79 Å². The second-order valence-electron chi connectivity index (χ2n) is 6.45. The number of hydrogen-bond acceptors (Lipinski definition) is 4. The topological polar surface area (TPSA) is 96.5 Å². The lowest BCUT2D eigenvalue weighted by molar-refractivity contribution is -0.124. The largest absolute Gasteiger partial charge is 0.452 e. The number of carbonyl (C=O) groups excluding carboxylic acids is 3. The second kappa shape index (κ2) is 10.3. The minimum absolute atomic E-state index is 0.0647. The van der Waals surface area contributed by atoms with Crippen molar-refractivity contribution in [1.29, 1.82) is 0 Å². The SMILES string of the molecule is CC(C)CNC(=O)COC(=O)c1ccc(CNC(=O)NC(C)C)cc1. The summed E-state index contributed by atoms with van der Waals surface area (Å²) in [6.07, 6.45) is 0.